The van der Waals surface area contributed by atoms with Crippen LogP contribution in [0, 0.1) is 0 Å². The molecule has 0 radical (unpaired) electrons. The average molecular weight is 222 g/mol. The van der Waals surface area contributed by atoms with E-state index in [2.05, 4.69) is 9.88 Å². The van der Waals surface area contributed by atoms with Gasteiger partial charge in [-0.05, 0) is 38.1 Å². The fourth-order valence-corrected chi connectivity index (χ4v) is 2.35. The van der Waals surface area contributed by atoms with Crippen LogP contribution in [0.15, 0.2) is 18.3 Å². The molecule has 2 N–H and O–H groups in total. The van der Waals surface area contributed by atoms with Crippen molar-refractivity contribution >= 4 is 5.97 Å². The molecule has 4 heteroatoms. The Kier molecular flexibility index (Phi) is 3.62. The quantitative estimate of drug-likeness (QED) is 0.822. The van der Waals surface area contributed by atoms with Gasteiger partial charge in [-0.1, -0.05) is 12.8 Å². The molecule has 1 saturated heterocycles. The number of carbonyl (C=O) groups is 1. The Morgan fingerprint density at radius 1 is 1.31 bits per heavy atom. The Labute approximate surface area is 95.3 Å². The van der Waals surface area contributed by atoms with Crippen molar-refractivity contribution in [3.63, 3.8) is 0 Å². The smallest absolute Gasteiger partial charge is 0.327 e. The molecular formula is C12H18N2O2. The van der Waals surface area contributed by atoms with Crippen LogP contribution in [-0.2, 0) is 4.79 Å². The van der Waals surface area contributed by atoms with E-state index in [9.17, 15) is 9.90 Å². The van der Waals surface area contributed by atoms with E-state index < -0.39 is 12.0 Å². The molecule has 0 aromatic carbocycles. The number of rotatable bonds is 3. The number of hydrogen-bond donors (Lipinski definition) is 2. The molecule has 1 aromatic rings. The minimum atomic E-state index is -0.760. The Hall–Kier alpha value is -1.29. The van der Waals surface area contributed by atoms with Crippen LogP contribution in [-0.4, -0.2) is 34.0 Å². The molecule has 0 spiro atoms. The fraction of sp³-hybridized carbons (Fsp3) is 0.583. The number of carboxylic acid groups (broad SMARTS) is 1. The van der Waals surface area contributed by atoms with Gasteiger partial charge < -0.3 is 10.1 Å². The van der Waals surface area contributed by atoms with Gasteiger partial charge in [0, 0.05) is 11.9 Å². The molecule has 1 fully saturated rings. The van der Waals surface area contributed by atoms with Crippen molar-refractivity contribution < 1.29 is 9.90 Å². The summed E-state index contributed by atoms with van der Waals surface area (Å²) in [5, 5.41) is 9.33. The summed E-state index contributed by atoms with van der Waals surface area (Å²) in [6.45, 7) is 1.77. The highest BCUT2D eigenvalue weighted by molar-refractivity contribution is 5.74. The summed E-state index contributed by atoms with van der Waals surface area (Å²) >= 11 is 0. The minimum Gasteiger partial charge on any atom is -0.480 e. The number of nitrogens with one attached hydrogen (secondary N) is 1. The van der Waals surface area contributed by atoms with Gasteiger partial charge in [0.05, 0.1) is 0 Å². The third-order valence-corrected chi connectivity index (χ3v) is 3.16. The second-order valence-electron chi connectivity index (χ2n) is 4.32. The maximum atomic E-state index is 11.3. The number of hydrogen-bond acceptors (Lipinski definition) is 2. The lowest BCUT2D eigenvalue weighted by molar-refractivity contribution is -0.143. The predicted molar refractivity (Wildman–Crippen MR) is 61.2 cm³/mol. The number of H-pyrrole nitrogens is 1. The van der Waals surface area contributed by atoms with Crippen molar-refractivity contribution in [1.82, 2.24) is 9.88 Å². The van der Waals surface area contributed by atoms with Crippen molar-refractivity contribution in [2.75, 3.05) is 13.1 Å². The normalized spacial score (nSPS) is 20.2. The second-order valence-corrected chi connectivity index (χ2v) is 4.32. The highest BCUT2D eigenvalue weighted by atomic mass is 16.4. The maximum absolute atomic E-state index is 11.3. The summed E-state index contributed by atoms with van der Waals surface area (Å²) in [4.78, 5) is 16.4. The highest BCUT2D eigenvalue weighted by Gasteiger charge is 2.28. The van der Waals surface area contributed by atoms with Crippen molar-refractivity contribution in [3.05, 3.63) is 24.0 Å². The van der Waals surface area contributed by atoms with Crippen LogP contribution in [0.25, 0.3) is 0 Å². The molecule has 2 heterocycles. The van der Waals surface area contributed by atoms with Gasteiger partial charge in [0.15, 0.2) is 0 Å². The Balaban J connectivity index is 2.15. The van der Waals surface area contributed by atoms with E-state index in [1.807, 2.05) is 12.1 Å². The van der Waals surface area contributed by atoms with E-state index in [-0.39, 0.29) is 0 Å². The third-order valence-electron chi connectivity index (χ3n) is 3.16. The van der Waals surface area contributed by atoms with Crippen LogP contribution < -0.4 is 0 Å². The number of aromatic amines is 1. The lowest BCUT2D eigenvalue weighted by atomic mass is 10.1. The molecule has 16 heavy (non-hydrogen) atoms. The number of aromatic nitrogens is 1. The standard InChI is InChI=1S/C12H18N2O2/c15-12(16)11(10-6-5-7-13-10)14-8-3-1-2-4-9-14/h5-7,11,13H,1-4,8-9H2,(H,15,16). The Bertz CT molecular complexity index is 327. The molecule has 2 rings (SSSR count). The molecular weight excluding hydrogens is 204 g/mol. The maximum Gasteiger partial charge on any atom is 0.327 e. The zero-order chi connectivity index (χ0) is 11.4. The van der Waals surface area contributed by atoms with Crippen LogP contribution in [0.1, 0.15) is 37.4 Å². The SMILES string of the molecule is O=C(O)C(c1ccc[nH]1)N1CCCCCC1. The summed E-state index contributed by atoms with van der Waals surface area (Å²) < 4.78 is 0. The topological polar surface area (TPSA) is 56.3 Å². The van der Waals surface area contributed by atoms with Gasteiger partial charge in [-0.3, -0.25) is 9.69 Å². The Morgan fingerprint density at radius 3 is 2.50 bits per heavy atom. The summed E-state index contributed by atoms with van der Waals surface area (Å²) in [6.07, 6.45) is 6.42. The van der Waals surface area contributed by atoms with Gasteiger partial charge in [-0.2, -0.15) is 0 Å². The van der Waals surface area contributed by atoms with Crippen LogP contribution in [0.4, 0.5) is 0 Å². The molecule has 1 unspecified atom stereocenters. The van der Waals surface area contributed by atoms with Gasteiger partial charge in [-0.15, -0.1) is 0 Å². The van der Waals surface area contributed by atoms with Crippen molar-refractivity contribution in [1.29, 1.82) is 0 Å². The number of nitrogens with zero attached hydrogens (tertiary/aromatic N) is 1. The van der Waals surface area contributed by atoms with Crippen LogP contribution >= 0.6 is 0 Å². The van der Waals surface area contributed by atoms with Crippen molar-refractivity contribution in [2.24, 2.45) is 0 Å². The summed E-state index contributed by atoms with van der Waals surface area (Å²) in [7, 11) is 0. The molecule has 4 nitrogen and oxygen atoms in total. The fourth-order valence-electron chi connectivity index (χ4n) is 2.35. The van der Waals surface area contributed by atoms with E-state index >= 15 is 0 Å². The number of aliphatic carboxylic acids is 1. The molecule has 0 amide bonds. The zero-order valence-electron chi connectivity index (χ0n) is 9.35. The summed E-state index contributed by atoms with van der Waals surface area (Å²) in [6, 6.07) is 3.19. The lowest BCUT2D eigenvalue weighted by Crippen LogP contribution is -2.35. The third kappa shape index (κ3) is 2.44. The molecule has 1 aliphatic rings. The first kappa shape index (κ1) is 11.2. The van der Waals surface area contributed by atoms with Gasteiger partial charge in [0.2, 0.25) is 0 Å². The van der Waals surface area contributed by atoms with E-state index in [0.717, 1.165) is 31.6 Å². The van der Waals surface area contributed by atoms with E-state index in [1.54, 1.807) is 6.20 Å². The van der Waals surface area contributed by atoms with Crippen LogP contribution in [0.2, 0.25) is 0 Å². The van der Waals surface area contributed by atoms with E-state index in [0.29, 0.717) is 0 Å². The minimum absolute atomic E-state index is 0.506. The molecule has 0 aliphatic carbocycles. The van der Waals surface area contributed by atoms with Gasteiger partial charge in [0.25, 0.3) is 0 Å². The van der Waals surface area contributed by atoms with Crippen LogP contribution in [0.3, 0.4) is 0 Å². The Morgan fingerprint density at radius 2 is 2.00 bits per heavy atom. The van der Waals surface area contributed by atoms with Gasteiger partial charge >= 0.3 is 5.97 Å². The number of carboxylic acids is 1. The molecule has 1 aromatic heterocycles. The second kappa shape index (κ2) is 5.16. The molecule has 1 aliphatic heterocycles. The number of likely N-dealkylation sites (tertiary alicyclic amines) is 1. The predicted octanol–water partition coefficient (Wildman–Crippen LogP) is 2.02. The van der Waals surface area contributed by atoms with Gasteiger partial charge in [0.1, 0.15) is 6.04 Å². The first-order valence-corrected chi connectivity index (χ1v) is 5.89. The highest BCUT2D eigenvalue weighted by Crippen LogP contribution is 2.23. The van der Waals surface area contributed by atoms with Crippen molar-refractivity contribution in [3.8, 4) is 0 Å². The zero-order valence-corrected chi connectivity index (χ0v) is 9.35. The summed E-state index contributed by atoms with van der Waals surface area (Å²) in [5.41, 5.74) is 0.786. The molecule has 88 valence electrons. The summed E-state index contributed by atoms with van der Waals surface area (Å²) in [5.74, 6) is -0.760. The van der Waals surface area contributed by atoms with E-state index in [4.69, 9.17) is 0 Å². The molecule has 0 bridgehead atoms. The monoisotopic (exact) mass is 222 g/mol. The lowest BCUT2D eigenvalue weighted by Gasteiger charge is -2.26. The molecule has 1 atom stereocenters. The van der Waals surface area contributed by atoms with E-state index in [1.165, 1.54) is 12.8 Å². The largest absolute Gasteiger partial charge is 0.480 e. The van der Waals surface area contributed by atoms with Gasteiger partial charge in [-0.25, -0.2) is 0 Å². The van der Waals surface area contributed by atoms with Crippen molar-refractivity contribution in [2.45, 2.75) is 31.7 Å². The first-order chi connectivity index (χ1) is 7.79. The first-order valence-electron chi connectivity index (χ1n) is 5.89. The van der Waals surface area contributed by atoms with Crippen LogP contribution in [0.5, 0.6) is 0 Å². The molecule has 0 saturated carbocycles. The average Bonchev–Trinajstić information content (AvgIpc) is 2.62.